The number of nitriles is 1. The van der Waals surface area contributed by atoms with Crippen LogP contribution in [0.1, 0.15) is 33.8 Å². The zero-order valence-corrected chi connectivity index (χ0v) is 22.4. The Morgan fingerprint density at radius 2 is 1.89 bits per heavy atom. The van der Waals surface area contributed by atoms with E-state index in [1.54, 1.807) is 28.8 Å². The van der Waals surface area contributed by atoms with Gasteiger partial charge >= 0.3 is 0 Å². The SMILES string of the molecule is Cc1ccc(S(=O)(=O)Cc2nnc(SCC(=O)Nc3sc4c(c3C#N)CCC4)n2-c2ccccc2)cc1. The average Bonchev–Trinajstić information content (AvgIpc) is 3.58. The number of aromatic nitrogens is 3. The fourth-order valence-electron chi connectivity index (χ4n) is 4.23. The van der Waals surface area contributed by atoms with Crippen LogP contribution in [0.15, 0.2) is 64.6 Å². The molecule has 0 aliphatic heterocycles. The second-order valence-corrected chi connectivity index (χ2v) is 12.7. The fraction of sp³-hybridized carbons (Fsp3) is 0.231. The summed E-state index contributed by atoms with van der Waals surface area (Å²) in [7, 11) is -3.67. The number of thioether (sulfide) groups is 1. The largest absolute Gasteiger partial charge is 0.316 e. The number of fused-ring (bicyclic) bond motifs is 1. The molecule has 0 atom stereocenters. The summed E-state index contributed by atoms with van der Waals surface area (Å²) >= 11 is 2.63. The lowest BCUT2D eigenvalue weighted by Gasteiger charge is -2.11. The minimum atomic E-state index is -3.67. The van der Waals surface area contributed by atoms with Gasteiger partial charge in [-0.2, -0.15) is 5.26 Å². The third-order valence-electron chi connectivity index (χ3n) is 6.03. The minimum absolute atomic E-state index is 0.0309. The van der Waals surface area contributed by atoms with Gasteiger partial charge in [-0.3, -0.25) is 9.36 Å². The predicted molar refractivity (Wildman–Crippen MR) is 144 cm³/mol. The molecule has 2 heterocycles. The summed E-state index contributed by atoms with van der Waals surface area (Å²) < 4.78 is 27.9. The third-order valence-corrected chi connectivity index (χ3v) is 9.80. The first kappa shape index (κ1) is 25.2. The van der Waals surface area contributed by atoms with Crippen LogP contribution in [-0.2, 0) is 33.2 Å². The highest BCUT2D eigenvalue weighted by atomic mass is 32.2. The van der Waals surface area contributed by atoms with Crippen LogP contribution in [0.2, 0.25) is 0 Å². The fourth-order valence-corrected chi connectivity index (χ4v) is 7.50. The molecule has 11 heteroatoms. The second kappa shape index (κ2) is 10.5. The van der Waals surface area contributed by atoms with E-state index in [0.29, 0.717) is 21.4 Å². The molecule has 0 bridgehead atoms. The first-order valence-electron chi connectivity index (χ1n) is 11.6. The van der Waals surface area contributed by atoms with Gasteiger partial charge in [-0.15, -0.1) is 21.5 Å². The lowest BCUT2D eigenvalue weighted by Crippen LogP contribution is -2.15. The number of hydrogen-bond acceptors (Lipinski definition) is 8. The molecule has 5 rings (SSSR count). The number of thiophene rings is 1. The second-order valence-electron chi connectivity index (χ2n) is 8.65. The first-order valence-corrected chi connectivity index (χ1v) is 15.1. The van der Waals surface area contributed by atoms with Gasteiger partial charge in [0.05, 0.1) is 16.2 Å². The quantitative estimate of drug-likeness (QED) is 0.317. The number of carbonyl (C=O) groups excluding carboxylic acids is 1. The Bertz CT molecular complexity index is 1600. The van der Waals surface area contributed by atoms with Gasteiger partial charge in [0.25, 0.3) is 0 Å². The molecule has 2 aromatic carbocycles. The molecule has 0 fully saturated rings. The number of aryl methyl sites for hydroxylation is 2. The van der Waals surface area contributed by atoms with Crippen LogP contribution < -0.4 is 5.32 Å². The predicted octanol–water partition coefficient (Wildman–Crippen LogP) is 4.70. The van der Waals surface area contributed by atoms with Crippen LogP contribution in [-0.4, -0.2) is 34.8 Å². The van der Waals surface area contributed by atoms with Crippen molar-refractivity contribution < 1.29 is 13.2 Å². The van der Waals surface area contributed by atoms with E-state index < -0.39 is 9.84 Å². The standard InChI is InChI=1S/C26H23N5O3S3/c1-17-10-12-19(13-11-17)37(33,34)16-23-29-30-26(31(23)18-6-3-2-4-7-18)35-15-24(32)28-25-21(14-27)20-8-5-9-22(20)36-25/h2-4,6-7,10-13H,5,8-9,15-16H2,1H3,(H,28,32). The summed E-state index contributed by atoms with van der Waals surface area (Å²) in [6.07, 6.45) is 2.85. The molecular formula is C26H23N5O3S3. The molecule has 0 saturated carbocycles. The van der Waals surface area contributed by atoms with Gasteiger partial charge in [-0.1, -0.05) is 47.7 Å². The van der Waals surface area contributed by atoms with Crippen molar-refractivity contribution in [1.82, 2.24) is 14.8 Å². The number of nitrogens with zero attached hydrogens (tertiary/aromatic N) is 4. The van der Waals surface area contributed by atoms with E-state index >= 15 is 0 Å². The third kappa shape index (κ3) is 5.32. The maximum Gasteiger partial charge on any atom is 0.235 e. The Hall–Kier alpha value is -3.46. The molecule has 0 unspecified atom stereocenters. The summed E-state index contributed by atoms with van der Waals surface area (Å²) in [5.74, 6) is -0.311. The van der Waals surface area contributed by atoms with Crippen molar-refractivity contribution in [1.29, 1.82) is 5.26 Å². The Morgan fingerprint density at radius 3 is 2.62 bits per heavy atom. The van der Waals surface area contributed by atoms with Crippen LogP contribution in [0.5, 0.6) is 0 Å². The lowest BCUT2D eigenvalue weighted by atomic mass is 10.1. The molecule has 0 saturated heterocycles. The van der Waals surface area contributed by atoms with E-state index in [1.165, 1.54) is 16.2 Å². The number of carbonyl (C=O) groups is 1. The van der Waals surface area contributed by atoms with Gasteiger partial charge < -0.3 is 5.32 Å². The summed E-state index contributed by atoms with van der Waals surface area (Å²) in [5, 5.41) is 21.9. The Balaban J connectivity index is 1.37. The maximum absolute atomic E-state index is 13.1. The summed E-state index contributed by atoms with van der Waals surface area (Å²) in [6.45, 7) is 1.90. The molecule has 0 radical (unpaired) electrons. The number of anilines is 1. The van der Waals surface area contributed by atoms with Crippen molar-refractivity contribution in [3.05, 3.63) is 82.0 Å². The van der Waals surface area contributed by atoms with E-state index in [-0.39, 0.29) is 28.1 Å². The van der Waals surface area contributed by atoms with Crippen LogP contribution in [0.25, 0.3) is 5.69 Å². The molecule has 1 amide bonds. The van der Waals surface area contributed by atoms with Crippen molar-refractivity contribution in [3.63, 3.8) is 0 Å². The maximum atomic E-state index is 13.1. The van der Waals surface area contributed by atoms with Crippen LogP contribution in [0.3, 0.4) is 0 Å². The van der Waals surface area contributed by atoms with Gasteiger partial charge in [-0.25, -0.2) is 8.42 Å². The van der Waals surface area contributed by atoms with Crippen molar-refractivity contribution in [3.8, 4) is 11.8 Å². The molecule has 1 aliphatic carbocycles. The van der Waals surface area contributed by atoms with E-state index in [9.17, 15) is 18.5 Å². The van der Waals surface area contributed by atoms with Gasteiger partial charge in [0.1, 0.15) is 16.8 Å². The monoisotopic (exact) mass is 549 g/mol. The molecule has 1 N–H and O–H groups in total. The molecule has 2 aromatic heterocycles. The van der Waals surface area contributed by atoms with Gasteiger partial charge in [0, 0.05) is 10.6 Å². The number of hydrogen-bond donors (Lipinski definition) is 1. The van der Waals surface area contributed by atoms with Gasteiger partial charge in [0.15, 0.2) is 20.8 Å². The zero-order valence-electron chi connectivity index (χ0n) is 20.0. The molecule has 8 nitrogen and oxygen atoms in total. The summed E-state index contributed by atoms with van der Waals surface area (Å²) in [5.41, 5.74) is 3.29. The average molecular weight is 550 g/mol. The number of sulfone groups is 1. The highest BCUT2D eigenvalue weighted by Gasteiger charge is 2.25. The highest BCUT2D eigenvalue weighted by Crippen LogP contribution is 2.38. The number of amides is 1. The van der Waals surface area contributed by atoms with Crippen LogP contribution in [0.4, 0.5) is 5.00 Å². The highest BCUT2D eigenvalue weighted by molar-refractivity contribution is 7.99. The van der Waals surface area contributed by atoms with Crippen LogP contribution >= 0.6 is 23.1 Å². The van der Waals surface area contributed by atoms with Crippen molar-refractivity contribution in [2.45, 2.75) is 42.0 Å². The van der Waals surface area contributed by atoms with E-state index in [4.69, 9.17) is 0 Å². The molecule has 0 spiro atoms. The van der Waals surface area contributed by atoms with E-state index in [2.05, 4.69) is 21.6 Å². The number of rotatable bonds is 8. The minimum Gasteiger partial charge on any atom is -0.316 e. The Morgan fingerprint density at radius 1 is 1.14 bits per heavy atom. The van der Waals surface area contributed by atoms with Crippen molar-refractivity contribution in [2.24, 2.45) is 0 Å². The normalized spacial score (nSPS) is 12.8. The Labute approximate surface area is 223 Å². The number of benzene rings is 2. The van der Waals surface area contributed by atoms with Crippen molar-refractivity contribution in [2.75, 3.05) is 11.1 Å². The Kier molecular flexibility index (Phi) is 7.15. The van der Waals surface area contributed by atoms with E-state index in [1.807, 2.05) is 37.3 Å². The molecular weight excluding hydrogens is 527 g/mol. The van der Waals surface area contributed by atoms with Gasteiger partial charge in [0.2, 0.25) is 5.91 Å². The lowest BCUT2D eigenvalue weighted by molar-refractivity contribution is -0.113. The summed E-state index contributed by atoms with van der Waals surface area (Å²) in [6, 6.07) is 18.1. The molecule has 4 aromatic rings. The van der Waals surface area contributed by atoms with E-state index in [0.717, 1.165) is 42.2 Å². The van der Waals surface area contributed by atoms with Gasteiger partial charge in [-0.05, 0) is 56.0 Å². The zero-order chi connectivity index (χ0) is 26.0. The molecule has 188 valence electrons. The number of para-hydroxylation sites is 1. The number of nitrogens with one attached hydrogen (secondary N) is 1. The molecule has 37 heavy (non-hydrogen) atoms. The van der Waals surface area contributed by atoms with Crippen molar-refractivity contribution >= 4 is 43.8 Å². The summed E-state index contributed by atoms with van der Waals surface area (Å²) in [4.78, 5) is 14.2. The van der Waals surface area contributed by atoms with Crippen LogP contribution in [0, 0.1) is 18.3 Å². The first-order chi connectivity index (χ1) is 17.9. The smallest absolute Gasteiger partial charge is 0.235 e. The molecule has 1 aliphatic rings. The topological polar surface area (TPSA) is 118 Å².